The van der Waals surface area contributed by atoms with E-state index in [1.807, 2.05) is 0 Å². The Labute approximate surface area is 135 Å². The van der Waals surface area contributed by atoms with Crippen LogP contribution >= 0.6 is 0 Å². The molecular weight excluding hydrogens is 321 g/mol. The van der Waals surface area contributed by atoms with Crippen LogP contribution in [0, 0.1) is 0 Å². The van der Waals surface area contributed by atoms with Crippen molar-refractivity contribution in [2.24, 2.45) is 0 Å². The topological polar surface area (TPSA) is 53.2 Å². The Balaban J connectivity index is 1.81. The minimum absolute atomic E-state index is 0.0272. The van der Waals surface area contributed by atoms with Crippen LogP contribution in [0.3, 0.4) is 0 Å². The van der Waals surface area contributed by atoms with E-state index >= 15 is 0 Å². The van der Waals surface area contributed by atoms with Gasteiger partial charge >= 0.3 is 6.18 Å². The molecule has 0 bridgehead atoms. The van der Waals surface area contributed by atoms with E-state index in [4.69, 9.17) is 0 Å². The molecule has 1 fully saturated rings. The number of nitrogens with one attached hydrogen (secondary N) is 1. The number of aromatic amines is 1. The summed E-state index contributed by atoms with van der Waals surface area (Å²) in [6.45, 7) is 0.177. The first-order chi connectivity index (χ1) is 11.4. The van der Waals surface area contributed by atoms with E-state index in [0.717, 1.165) is 25.0 Å². The molecular formula is C17H15F3N2O2. The molecule has 24 heavy (non-hydrogen) atoms. The van der Waals surface area contributed by atoms with Crippen LogP contribution in [-0.2, 0) is 12.7 Å². The van der Waals surface area contributed by atoms with Crippen molar-refractivity contribution < 1.29 is 18.0 Å². The lowest BCUT2D eigenvalue weighted by atomic mass is 10.1. The maximum Gasteiger partial charge on any atom is 0.416 e. The molecule has 0 radical (unpaired) electrons. The Morgan fingerprint density at radius 3 is 2.38 bits per heavy atom. The number of hydrogen-bond acceptors (Lipinski definition) is 2. The number of hydrogen-bond donors (Lipinski definition) is 1. The first kappa shape index (κ1) is 16.3. The summed E-state index contributed by atoms with van der Waals surface area (Å²) in [5.41, 5.74) is -0.567. The number of halogens is 3. The van der Waals surface area contributed by atoms with Crippen LogP contribution in [0.4, 0.5) is 13.2 Å². The van der Waals surface area contributed by atoms with Crippen molar-refractivity contribution in [3.63, 3.8) is 0 Å². The fourth-order valence-corrected chi connectivity index (χ4v) is 2.49. The molecule has 7 heteroatoms. The largest absolute Gasteiger partial charge is 0.416 e. The van der Waals surface area contributed by atoms with Crippen molar-refractivity contribution in [3.05, 3.63) is 69.6 Å². The highest BCUT2D eigenvalue weighted by Gasteiger charge is 2.34. The van der Waals surface area contributed by atoms with E-state index in [2.05, 4.69) is 4.98 Å². The van der Waals surface area contributed by atoms with Gasteiger partial charge in [0.25, 0.3) is 11.5 Å². The van der Waals surface area contributed by atoms with Gasteiger partial charge in [-0.25, -0.2) is 0 Å². The number of pyridine rings is 1. The number of nitrogens with zero attached hydrogens (tertiary/aromatic N) is 1. The summed E-state index contributed by atoms with van der Waals surface area (Å²) < 4.78 is 37.8. The fourth-order valence-electron chi connectivity index (χ4n) is 2.49. The molecule has 126 valence electrons. The maximum atomic E-state index is 12.6. The van der Waals surface area contributed by atoms with Crippen molar-refractivity contribution in [2.45, 2.75) is 31.6 Å². The van der Waals surface area contributed by atoms with Crippen molar-refractivity contribution >= 4 is 5.91 Å². The van der Waals surface area contributed by atoms with Gasteiger partial charge in [-0.2, -0.15) is 13.2 Å². The first-order valence-corrected chi connectivity index (χ1v) is 7.51. The molecule has 3 rings (SSSR count). The Morgan fingerprint density at radius 2 is 1.83 bits per heavy atom. The molecule has 0 unspecified atom stereocenters. The number of H-pyrrole nitrogens is 1. The van der Waals surface area contributed by atoms with Crippen molar-refractivity contribution in [2.75, 3.05) is 0 Å². The number of rotatable bonds is 4. The molecule has 0 spiro atoms. The summed E-state index contributed by atoms with van der Waals surface area (Å²) in [6.07, 6.45) is -1.29. The lowest BCUT2D eigenvalue weighted by molar-refractivity contribution is -0.137. The minimum Gasteiger partial charge on any atom is -0.331 e. The number of amides is 1. The summed E-state index contributed by atoms with van der Waals surface area (Å²) in [6, 6.07) is 7.77. The second-order valence-electron chi connectivity index (χ2n) is 5.77. The van der Waals surface area contributed by atoms with Gasteiger partial charge in [0.1, 0.15) is 5.56 Å². The number of carbonyl (C=O) groups is 1. The Morgan fingerprint density at radius 1 is 1.17 bits per heavy atom. The van der Waals surface area contributed by atoms with Crippen LogP contribution in [-0.4, -0.2) is 21.8 Å². The van der Waals surface area contributed by atoms with Gasteiger partial charge in [-0.1, -0.05) is 12.1 Å². The second-order valence-corrected chi connectivity index (χ2v) is 5.77. The van der Waals surface area contributed by atoms with E-state index in [-0.39, 0.29) is 18.2 Å². The highest BCUT2D eigenvalue weighted by molar-refractivity contribution is 5.94. The molecule has 1 aromatic carbocycles. The third kappa shape index (κ3) is 3.50. The fraction of sp³-hybridized carbons (Fsp3) is 0.294. The van der Waals surface area contributed by atoms with Crippen molar-refractivity contribution in [1.29, 1.82) is 0 Å². The minimum atomic E-state index is -4.39. The summed E-state index contributed by atoms with van der Waals surface area (Å²) in [5.74, 6) is -0.403. The smallest absolute Gasteiger partial charge is 0.331 e. The van der Waals surface area contributed by atoms with Crippen LogP contribution < -0.4 is 5.56 Å². The van der Waals surface area contributed by atoms with Crippen LogP contribution in [0.2, 0.25) is 0 Å². The SMILES string of the molecule is O=C(c1ccc[nH]c1=O)N(Cc1ccc(C(F)(F)F)cc1)C1CC1. The zero-order valence-corrected chi connectivity index (χ0v) is 12.6. The van der Waals surface area contributed by atoms with Gasteiger partial charge in [-0.05, 0) is 42.7 Å². The van der Waals surface area contributed by atoms with E-state index in [9.17, 15) is 22.8 Å². The van der Waals surface area contributed by atoms with E-state index in [1.54, 1.807) is 11.0 Å². The summed E-state index contributed by atoms with van der Waals surface area (Å²) in [7, 11) is 0. The molecule has 1 N–H and O–H groups in total. The maximum absolute atomic E-state index is 12.6. The standard InChI is InChI=1S/C17H15F3N2O2/c18-17(19,20)12-5-3-11(4-6-12)10-22(13-7-8-13)16(24)14-2-1-9-21-15(14)23/h1-6,9,13H,7-8,10H2,(H,21,23). The van der Waals surface area contributed by atoms with Gasteiger partial charge in [0.05, 0.1) is 5.56 Å². The van der Waals surface area contributed by atoms with E-state index in [1.165, 1.54) is 24.4 Å². The predicted molar refractivity (Wildman–Crippen MR) is 81.4 cm³/mol. The number of alkyl halides is 3. The highest BCUT2D eigenvalue weighted by atomic mass is 19.4. The summed E-state index contributed by atoms with van der Waals surface area (Å²) >= 11 is 0. The van der Waals surface area contributed by atoms with Crippen molar-refractivity contribution in [1.82, 2.24) is 9.88 Å². The first-order valence-electron chi connectivity index (χ1n) is 7.51. The number of benzene rings is 1. The molecule has 0 atom stereocenters. The molecule has 1 amide bonds. The van der Waals surface area contributed by atoms with Gasteiger partial charge in [0.2, 0.25) is 0 Å². The number of aromatic nitrogens is 1. The zero-order chi connectivity index (χ0) is 17.3. The Hall–Kier alpha value is -2.57. The molecule has 1 saturated carbocycles. The lowest BCUT2D eigenvalue weighted by Gasteiger charge is -2.22. The number of carbonyl (C=O) groups excluding carboxylic acids is 1. The lowest BCUT2D eigenvalue weighted by Crippen LogP contribution is -2.35. The van der Waals surface area contributed by atoms with Gasteiger partial charge < -0.3 is 9.88 Å². The van der Waals surface area contributed by atoms with Crippen LogP contribution in [0.15, 0.2) is 47.4 Å². The average Bonchev–Trinajstić information content (AvgIpc) is 3.37. The van der Waals surface area contributed by atoms with Gasteiger partial charge in [0.15, 0.2) is 0 Å². The van der Waals surface area contributed by atoms with Gasteiger partial charge in [-0.3, -0.25) is 9.59 Å². The average molecular weight is 336 g/mol. The van der Waals surface area contributed by atoms with Gasteiger partial charge in [0, 0.05) is 18.8 Å². The summed E-state index contributed by atoms with van der Waals surface area (Å²) in [5, 5.41) is 0. The molecule has 2 aromatic rings. The van der Waals surface area contributed by atoms with Crippen LogP contribution in [0.5, 0.6) is 0 Å². The molecule has 1 aromatic heterocycles. The zero-order valence-electron chi connectivity index (χ0n) is 12.6. The van der Waals surface area contributed by atoms with Crippen LogP contribution in [0.1, 0.15) is 34.3 Å². The third-order valence-electron chi connectivity index (χ3n) is 3.93. The molecule has 0 saturated heterocycles. The molecule has 1 aliphatic rings. The molecule has 4 nitrogen and oxygen atoms in total. The van der Waals surface area contributed by atoms with E-state index < -0.39 is 23.2 Å². The monoisotopic (exact) mass is 336 g/mol. The highest BCUT2D eigenvalue weighted by Crippen LogP contribution is 2.31. The molecule has 1 aliphatic carbocycles. The van der Waals surface area contributed by atoms with E-state index in [0.29, 0.717) is 5.56 Å². The molecule has 0 aliphatic heterocycles. The summed E-state index contributed by atoms with van der Waals surface area (Å²) in [4.78, 5) is 28.4. The Bertz CT molecular complexity index is 792. The Kier molecular flexibility index (Phi) is 4.17. The normalized spacial score (nSPS) is 14.5. The quantitative estimate of drug-likeness (QED) is 0.932. The third-order valence-corrected chi connectivity index (χ3v) is 3.93. The van der Waals surface area contributed by atoms with Crippen molar-refractivity contribution in [3.8, 4) is 0 Å². The van der Waals surface area contributed by atoms with Crippen LogP contribution in [0.25, 0.3) is 0 Å². The predicted octanol–water partition coefficient (Wildman–Crippen LogP) is 3.20. The van der Waals surface area contributed by atoms with Gasteiger partial charge in [-0.15, -0.1) is 0 Å². The second kappa shape index (κ2) is 6.14. The molecule has 1 heterocycles.